The van der Waals surface area contributed by atoms with Crippen LogP contribution in [0.15, 0.2) is 48.0 Å². The SMILES string of the molecule is C=CCNC(=NCC(C)(O)c1ccccc1)NCC. The van der Waals surface area contributed by atoms with Gasteiger partial charge < -0.3 is 15.7 Å². The van der Waals surface area contributed by atoms with Gasteiger partial charge in [0.05, 0.1) is 6.54 Å². The van der Waals surface area contributed by atoms with E-state index < -0.39 is 5.60 Å². The highest BCUT2D eigenvalue weighted by molar-refractivity contribution is 5.79. The molecular formula is C15H23N3O. The quantitative estimate of drug-likeness (QED) is 0.414. The van der Waals surface area contributed by atoms with Crippen LogP contribution in [0.1, 0.15) is 19.4 Å². The Labute approximate surface area is 115 Å². The molecule has 0 bridgehead atoms. The maximum absolute atomic E-state index is 10.4. The predicted octanol–water partition coefficient (Wildman–Crippen LogP) is 1.64. The Balaban J connectivity index is 2.72. The Morgan fingerprint density at radius 1 is 1.37 bits per heavy atom. The molecule has 19 heavy (non-hydrogen) atoms. The molecule has 0 radical (unpaired) electrons. The van der Waals surface area contributed by atoms with E-state index in [4.69, 9.17) is 0 Å². The van der Waals surface area contributed by atoms with Crippen molar-refractivity contribution in [2.24, 2.45) is 4.99 Å². The van der Waals surface area contributed by atoms with Gasteiger partial charge in [0.15, 0.2) is 5.96 Å². The summed E-state index contributed by atoms with van der Waals surface area (Å²) in [4.78, 5) is 4.40. The average Bonchev–Trinajstić information content (AvgIpc) is 2.43. The van der Waals surface area contributed by atoms with Gasteiger partial charge >= 0.3 is 0 Å². The molecule has 0 fully saturated rings. The van der Waals surface area contributed by atoms with E-state index >= 15 is 0 Å². The lowest BCUT2D eigenvalue weighted by Gasteiger charge is -2.22. The number of guanidine groups is 1. The Bertz CT molecular complexity index is 413. The monoisotopic (exact) mass is 261 g/mol. The fourth-order valence-corrected chi connectivity index (χ4v) is 1.63. The Kier molecular flexibility index (Phi) is 6.09. The van der Waals surface area contributed by atoms with Gasteiger partial charge in [0.25, 0.3) is 0 Å². The van der Waals surface area contributed by atoms with Gasteiger partial charge in [-0.1, -0.05) is 36.4 Å². The molecular weight excluding hydrogens is 238 g/mol. The zero-order chi connectivity index (χ0) is 14.1. The molecule has 0 aliphatic carbocycles. The standard InChI is InChI=1S/C15H23N3O/c1-4-11-17-14(16-5-2)18-12-15(3,19)13-9-7-6-8-10-13/h4,6-10,19H,1,5,11-12H2,2-3H3,(H2,16,17,18). The van der Waals surface area contributed by atoms with Crippen LogP contribution in [-0.2, 0) is 5.60 Å². The van der Waals surface area contributed by atoms with E-state index in [1.165, 1.54) is 0 Å². The predicted molar refractivity (Wildman–Crippen MR) is 80.2 cm³/mol. The third-order valence-corrected chi connectivity index (χ3v) is 2.70. The van der Waals surface area contributed by atoms with Crippen molar-refractivity contribution in [3.63, 3.8) is 0 Å². The third-order valence-electron chi connectivity index (χ3n) is 2.70. The second-order valence-electron chi connectivity index (χ2n) is 4.50. The van der Waals surface area contributed by atoms with Crippen molar-refractivity contribution in [2.75, 3.05) is 19.6 Å². The van der Waals surface area contributed by atoms with Crippen molar-refractivity contribution in [1.29, 1.82) is 0 Å². The summed E-state index contributed by atoms with van der Waals surface area (Å²) in [5.74, 6) is 0.679. The lowest BCUT2D eigenvalue weighted by atomic mass is 9.96. The molecule has 0 heterocycles. The van der Waals surface area contributed by atoms with Crippen molar-refractivity contribution in [2.45, 2.75) is 19.4 Å². The van der Waals surface area contributed by atoms with Gasteiger partial charge in [0.2, 0.25) is 0 Å². The van der Waals surface area contributed by atoms with Crippen molar-refractivity contribution in [3.05, 3.63) is 48.6 Å². The fourth-order valence-electron chi connectivity index (χ4n) is 1.63. The van der Waals surface area contributed by atoms with Crippen molar-refractivity contribution < 1.29 is 5.11 Å². The third kappa shape index (κ3) is 5.14. The van der Waals surface area contributed by atoms with Crippen LogP contribution in [0.4, 0.5) is 0 Å². The first-order valence-electron chi connectivity index (χ1n) is 6.51. The van der Waals surface area contributed by atoms with Crippen molar-refractivity contribution >= 4 is 5.96 Å². The smallest absolute Gasteiger partial charge is 0.191 e. The fraction of sp³-hybridized carbons (Fsp3) is 0.400. The van der Waals surface area contributed by atoms with Crippen LogP contribution < -0.4 is 10.6 Å². The summed E-state index contributed by atoms with van der Waals surface area (Å²) in [5.41, 5.74) is -0.115. The number of aliphatic hydroxyl groups is 1. The van der Waals surface area contributed by atoms with E-state index in [1.54, 1.807) is 13.0 Å². The number of nitrogens with one attached hydrogen (secondary N) is 2. The normalized spacial score (nSPS) is 14.6. The zero-order valence-corrected chi connectivity index (χ0v) is 11.7. The van der Waals surface area contributed by atoms with Gasteiger partial charge in [-0.3, -0.25) is 0 Å². The van der Waals surface area contributed by atoms with Crippen LogP contribution >= 0.6 is 0 Å². The van der Waals surface area contributed by atoms with Gasteiger partial charge in [0, 0.05) is 13.1 Å². The summed E-state index contributed by atoms with van der Waals surface area (Å²) >= 11 is 0. The van der Waals surface area contributed by atoms with Gasteiger partial charge in [0.1, 0.15) is 5.60 Å². The van der Waals surface area contributed by atoms with Gasteiger partial charge in [-0.15, -0.1) is 6.58 Å². The minimum absolute atomic E-state index is 0.295. The maximum atomic E-state index is 10.4. The molecule has 1 atom stereocenters. The first-order chi connectivity index (χ1) is 9.10. The van der Waals surface area contributed by atoms with Crippen molar-refractivity contribution in [3.8, 4) is 0 Å². The summed E-state index contributed by atoms with van der Waals surface area (Å²) in [6.07, 6.45) is 1.77. The van der Waals surface area contributed by atoms with E-state index in [1.807, 2.05) is 37.3 Å². The molecule has 0 saturated heterocycles. The van der Waals surface area contributed by atoms with E-state index in [2.05, 4.69) is 22.2 Å². The number of hydrogen-bond acceptors (Lipinski definition) is 2. The molecule has 0 amide bonds. The van der Waals surface area contributed by atoms with Crippen LogP contribution in [0.5, 0.6) is 0 Å². The molecule has 1 unspecified atom stereocenters. The molecule has 4 nitrogen and oxygen atoms in total. The van der Waals surface area contributed by atoms with E-state index in [0.717, 1.165) is 12.1 Å². The summed E-state index contributed by atoms with van der Waals surface area (Å²) in [6, 6.07) is 9.56. The number of aliphatic imine (C=N–C) groups is 1. The Hall–Kier alpha value is -1.81. The van der Waals surface area contributed by atoms with E-state index in [-0.39, 0.29) is 0 Å². The largest absolute Gasteiger partial charge is 0.384 e. The number of nitrogens with zero attached hydrogens (tertiary/aromatic N) is 1. The lowest BCUT2D eigenvalue weighted by molar-refractivity contribution is 0.0672. The highest BCUT2D eigenvalue weighted by atomic mass is 16.3. The lowest BCUT2D eigenvalue weighted by Crippen LogP contribution is -2.38. The van der Waals surface area contributed by atoms with Crippen LogP contribution in [-0.4, -0.2) is 30.7 Å². The molecule has 1 rings (SSSR count). The highest BCUT2D eigenvalue weighted by Crippen LogP contribution is 2.20. The molecule has 3 N–H and O–H groups in total. The first kappa shape index (κ1) is 15.2. The summed E-state index contributed by atoms with van der Waals surface area (Å²) in [6.45, 7) is 9.13. The van der Waals surface area contributed by atoms with Crippen molar-refractivity contribution in [1.82, 2.24) is 10.6 Å². The molecule has 0 aromatic heterocycles. The average molecular weight is 261 g/mol. The maximum Gasteiger partial charge on any atom is 0.191 e. The summed E-state index contributed by atoms with van der Waals surface area (Å²) in [5, 5.41) is 16.7. The summed E-state index contributed by atoms with van der Waals surface area (Å²) < 4.78 is 0. The van der Waals surface area contributed by atoms with Crippen LogP contribution in [0.25, 0.3) is 0 Å². The topological polar surface area (TPSA) is 56.7 Å². The van der Waals surface area contributed by atoms with E-state index in [9.17, 15) is 5.11 Å². The second-order valence-corrected chi connectivity index (χ2v) is 4.50. The number of benzene rings is 1. The number of rotatable bonds is 6. The highest BCUT2D eigenvalue weighted by Gasteiger charge is 2.22. The van der Waals surface area contributed by atoms with Crippen LogP contribution in [0.2, 0.25) is 0 Å². The first-order valence-corrected chi connectivity index (χ1v) is 6.51. The van der Waals surface area contributed by atoms with Gasteiger partial charge in [-0.2, -0.15) is 0 Å². The Morgan fingerprint density at radius 2 is 2.05 bits per heavy atom. The second kappa shape index (κ2) is 7.59. The molecule has 0 aliphatic rings. The molecule has 4 heteroatoms. The molecule has 0 saturated carbocycles. The van der Waals surface area contributed by atoms with Crippen LogP contribution in [0.3, 0.4) is 0 Å². The molecule has 1 aromatic carbocycles. The molecule has 104 valence electrons. The molecule has 1 aromatic rings. The minimum Gasteiger partial charge on any atom is -0.384 e. The molecule has 0 aliphatic heterocycles. The molecule has 0 spiro atoms. The Morgan fingerprint density at radius 3 is 2.63 bits per heavy atom. The van der Waals surface area contributed by atoms with Gasteiger partial charge in [-0.25, -0.2) is 4.99 Å². The zero-order valence-electron chi connectivity index (χ0n) is 11.7. The minimum atomic E-state index is -0.974. The van der Waals surface area contributed by atoms with E-state index in [0.29, 0.717) is 19.0 Å². The van der Waals surface area contributed by atoms with Gasteiger partial charge in [-0.05, 0) is 19.4 Å². The van der Waals surface area contributed by atoms with Crippen LogP contribution in [0, 0.1) is 0 Å². The summed E-state index contributed by atoms with van der Waals surface area (Å²) in [7, 11) is 0. The number of hydrogen-bond donors (Lipinski definition) is 3.